The molecule has 1 fully saturated rings. The van der Waals surface area contributed by atoms with Gasteiger partial charge in [-0.1, -0.05) is 50.1 Å². The van der Waals surface area contributed by atoms with Crippen molar-refractivity contribution in [1.29, 1.82) is 0 Å². The van der Waals surface area contributed by atoms with Gasteiger partial charge < -0.3 is 10.1 Å². The molecule has 116 valence electrons. The first-order chi connectivity index (χ1) is 10.7. The van der Waals surface area contributed by atoms with Crippen molar-refractivity contribution in [3.63, 3.8) is 0 Å². The minimum absolute atomic E-state index is 0.0214. The van der Waals surface area contributed by atoms with Crippen LogP contribution in [-0.2, 0) is 4.79 Å². The first-order valence-electron chi connectivity index (χ1n) is 8.13. The van der Waals surface area contributed by atoms with Crippen LogP contribution in [0, 0.1) is 5.92 Å². The summed E-state index contributed by atoms with van der Waals surface area (Å²) in [6.07, 6.45) is 4.78. The van der Waals surface area contributed by atoms with Crippen molar-refractivity contribution in [2.75, 3.05) is 6.61 Å². The van der Waals surface area contributed by atoms with Crippen molar-refractivity contribution in [3.8, 4) is 5.75 Å². The number of hydrogen-bond donors (Lipinski definition) is 1. The molecular weight excluding hydrogens is 274 g/mol. The molecule has 1 saturated carbocycles. The molecule has 0 radical (unpaired) electrons. The van der Waals surface area contributed by atoms with Crippen LogP contribution in [0.2, 0.25) is 0 Å². The second-order valence-corrected chi connectivity index (χ2v) is 6.23. The van der Waals surface area contributed by atoms with E-state index >= 15 is 0 Å². The van der Waals surface area contributed by atoms with E-state index in [-0.39, 0.29) is 12.5 Å². The highest BCUT2D eigenvalue weighted by Gasteiger charge is 2.22. The van der Waals surface area contributed by atoms with Crippen molar-refractivity contribution in [3.05, 3.63) is 42.5 Å². The number of ether oxygens (including phenoxy) is 1. The zero-order valence-electron chi connectivity index (χ0n) is 13.0. The summed E-state index contributed by atoms with van der Waals surface area (Å²) < 4.78 is 5.64. The van der Waals surface area contributed by atoms with E-state index in [9.17, 15) is 4.79 Å². The average molecular weight is 297 g/mol. The van der Waals surface area contributed by atoms with E-state index in [1.807, 2.05) is 36.4 Å². The Morgan fingerprint density at radius 1 is 1.14 bits per heavy atom. The van der Waals surface area contributed by atoms with E-state index in [1.165, 1.54) is 24.6 Å². The molecule has 1 amide bonds. The summed E-state index contributed by atoms with van der Waals surface area (Å²) in [6.45, 7) is 2.30. The summed E-state index contributed by atoms with van der Waals surface area (Å²) in [4.78, 5) is 12.1. The van der Waals surface area contributed by atoms with Crippen LogP contribution in [0.5, 0.6) is 5.75 Å². The van der Waals surface area contributed by atoms with Gasteiger partial charge in [0.1, 0.15) is 5.75 Å². The number of rotatable bonds is 4. The number of carbonyl (C=O) groups is 1. The summed E-state index contributed by atoms with van der Waals surface area (Å²) in [5, 5.41) is 5.41. The Bertz CT molecular complexity index is 653. The standard InChI is InChI=1S/C19H23NO2/c1-14-6-2-5-9-18(14)20-19(21)13-22-17-11-10-15-7-3-4-8-16(15)12-17/h3-4,7-8,10-12,14,18H,2,5-6,9,13H2,1H3,(H,20,21)/t14-,18-/m0/s1. The third kappa shape index (κ3) is 3.59. The summed E-state index contributed by atoms with van der Waals surface area (Å²) >= 11 is 0. The van der Waals surface area contributed by atoms with Crippen LogP contribution in [0.4, 0.5) is 0 Å². The second kappa shape index (κ2) is 6.82. The molecule has 2 atom stereocenters. The van der Waals surface area contributed by atoms with Crippen LogP contribution < -0.4 is 10.1 Å². The van der Waals surface area contributed by atoms with E-state index in [4.69, 9.17) is 4.74 Å². The number of carbonyl (C=O) groups excluding carboxylic acids is 1. The van der Waals surface area contributed by atoms with Gasteiger partial charge in [0.05, 0.1) is 0 Å². The van der Waals surface area contributed by atoms with Crippen molar-refractivity contribution >= 4 is 16.7 Å². The first-order valence-corrected chi connectivity index (χ1v) is 8.13. The lowest BCUT2D eigenvalue weighted by Gasteiger charge is -2.29. The molecule has 0 aromatic heterocycles. The zero-order valence-corrected chi connectivity index (χ0v) is 13.0. The predicted octanol–water partition coefficient (Wildman–Crippen LogP) is 3.91. The Hall–Kier alpha value is -2.03. The van der Waals surface area contributed by atoms with Gasteiger partial charge in [0.15, 0.2) is 6.61 Å². The van der Waals surface area contributed by atoms with Gasteiger partial charge in [0, 0.05) is 6.04 Å². The Labute approximate surface area is 131 Å². The second-order valence-electron chi connectivity index (χ2n) is 6.23. The van der Waals surface area contributed by atoms with E-state index in [2.05, 4.69) is 18.3 Å². The van der Waals surface area contributed by atoms with Crippen LogP contribution in [0.3, 0.4) is 0 Å². The normalized spacial score (nSPS) is 21.5. The largest absolute Gasteiger partial charge is 0.484 e. The average Bonchev–Trinajstić information content (AvgIpc) is 2.55. The maximum absolute atomic E-state index is 12.1. The fraction of sp³-hybridized carbons (Fsp3) is 0.421. The van der Waals surface area contributed by atoms with Crippen LogP contribution in [0.25, 0.3) is 10.8 Å². The highest BCUT2D eigenvalue weighted by molar-refractivity contribution is 5.84. The third-order valence-electron chi connectivity index (χ3n) is 4.55. The molecule has 3 rings (SSSR count). The highest BCUT2D eigenvalue weighted by Crippen LogP contribution is 2.24. The van der Waals surface area contributed by atoms with Gasteiger partial charge in [0.25, 0.3) is 5.91 Å². The molecule has 1 aliphatic rings. The molecule has 3 nitrogen and oxygen atoms in total. The molecule has 2 aromatic rings. The lowest BCUT2D eigenvalue weighted by molar-refractivity contribution is -0.124. The van der Waals surface area contributed by atoms with Gasteiger partial charge in [-0.05, 0) is 41.7 Å². The fourth-order valence-corrected chi connectivity index (χ4v) is 3.19. The van der Waals surface area contributed by atoms with Gasteiger partial charge in [-0.2, -0.15) is 0 Å². The Kier molecular flexibility index (Phi) is 4.62. The Balaban J connectivity index is 1.55. The quantitative estimate of drug-likeness (QED) is 0.929. The van der Waals surface area contributed by atoms with E-state index in [1.54, 1.807) is 0 Å². The van der Waals surface area contributed by atoms with Gasteiger partial charge in [-0.3, -0.25) is 4.79 Å². The van der Waals surface area contributed by atoms with Crippen LogP contribution >= 0.6 is 0 Å². The van der Waals surface area contributed by atoms with Crippen molar-refractivity contribution in [2.24, 2.45) is 5.92 Å². The molecule has 0 aliphatic heterocycles. The van der Waals surface area contributed by atoms with Gasteiger partial charge in [-0.25, -0.2) is 0 Å². The molecule has 0 heterocycles. The zero-order chi connectivity index (χ0) is 15.4. The van der Waals surface area contributed by atoms with E-state index in [0.29, 0.717) is 12.0 Å². The molecule has 0 unspecified atom stereocenters. The minimum atomic E-state index is -0.0214. The lowest BCUT2D eigenvalue weighted by Crippen LogP contribution is -2.43. The summed E-state index contributed by atoms with van der Waals surface area (Å²) in [6, 6.07) is 14.4. The van der Waals surface area contributed by atoms with Crippen LogP contribution in [0.1, 0.15) is 32.6 Å². The number of amides is 1. The maximum Gasteiger partial charge on any atom is 0.258 e. The molecule has 22 heavy (non-hydrogen) atoms. The predicted molar refractivity (Wildman–Crippen MR) is 89.0 cm³/mol. The number of benzene rings is 2. The number of fused-ring (bicyclic) bond motifs is 1. The lowest BCUT2D eigenvalue weighted by atomic mass is 9.86. The third-order valence-corrected chi connectivity index (χ3v) is 4.55. The van der Waals surface area contributed by atoms with Crippen molar-refractivity contribution in [1.82, 2.24) is 5.32 Å². The summed E-state index contributed by atoms with van der Waals surface area (Å²) in [5.41, 5.74) is 0. The summed E-state index contributed by atoms with van der Waals surface area (Å²) in [5.74, 6) is 1.29. The first kappa shape index (κ1) is 14.9. The molecule has 0 spiro atoms. The monoisotopic (exact) mass is 297 g/mol. The molecule has 3 heteroatoms. The van der Waals surface area contributed by atoms with Crippen LogP contribution in [0.15, 0.2) is 42.5 Å². The fourth-order valence-electron chi connectivity index (χ4n) is 3.19. The van der Waals surface area contributed by atoms with Gasteiger partial charge in [-0.15, -0.1) is 0 Å². The van der Waals surface area contributed by atoms with E-state index < -0.39 is 0 Å². The topological polar surface area (TPSA) is 38.3 Å². The van der Waals surface area contributed by atoms with Gasteiger partial charge >= 0.3 is 0 Å². The highest BCUT2D eigenvalue weighted by atomic mass is 16.5. The smallest absolute Gasteiger partial charge is 0.258 e. The van der Waals surface area contributed by atoms with Crippen LogP contribution in [-0.4, -0.2) is 18.6 Å². The molecule has 1 N–H and O–H groups in total. The van der Waals surface area contributed by atoms with Gasteiger partial charge in [0.2, 0.25) is 0 Å². The SMILES string of the molecule is C[C@H]1CCCC[C@@H]1NC(=O)COc1ccc2ccccc2c1. The Morgan fingerprint density at radius 2 is 1.91 bits per heavy atom. The molecule has 0 saturated heterocycles. The molecular formula is C19H23NO2. The van der Waals surface area contributed by atoms with Crippen molar-refractivity contribution in [2.45, 2.75) is 38.6 Å². The summed E-state index contributed by atoms with van der Waals surface area (Å²) in [7, 11) is 0. The van der Waals surface area contributed by atoms with Crippen molar-refractivity contribution < 1.29 is 9.53 Å². The molecule has 0 bridgehead atoms. The number of hydrogen-bond acceptors (Lipinski definition) is 2. The molecule has 2 aromatic carbocycles. The number of nitrogens with one attached hydrogen (secondary N) is 1. The maximum atomic E-state index is 12.1. The Morgan fingerprint density at radius 3 is 2.73 bits per heavy atom. The van der Waals surface area contributed by atoms with E-state index in [0.717, 1.165) is 17.6 Å². The molecule has 1 aliphatic carbocycles. The minimum Gasteiger partial charge on any atom is -0.484 e.